The number of hydrogen-bond donors (Lipinski definition) is 4. The minimum absolute atomic E-state index is 0.0105. The molecule has 1 aliphatic carbocycles. The maximum absolute atomic E-state index is 14.2. The monoisotopic (exact) mass is 614 g/mol. The molecule has 232 valence electrons. The highest BCUT2D eigenvalue weighted by atomic mass is 19.4. The lowest BCUT2D eigenvalue weighted by atomic mass is 10.1. The number of morpholine rings is 1. The molecule has 16 heteroatoms. The van der Waals surface area contributed by atoms with Gasteiger partial charge in [-0.3, -0.25) is 20.5 Å². The van der Waals surface area contributed by atoms with E-state index in [9.17, 15) is 22.4 Å². The zero-order valence-electron chi connectivity index (χ0n) is 23.6. The number of carbonyl (C=O) groups excluding carboxylic acids is 1. The molecule has 0 radical (unpaired) electrons. The van der Waals surface area contributed by atoms with Crippen molar-refractivity contribution in [2.24, 2.45) is 0 Å². The standard InChI is InChI=1S/C28H30F4N10O2/c1-18-16-42(17-36-18)22-4-2-20(12-19(13-22)28(30,31)32)37-21-3-5-24(34-14-21)26(43)39-40-27-35-15-23(29)25(38-27)33-6-7-41-8-10-44-11-9-41/h2-5,12-17,20,37H,6-11H2,1H3,(H,39,43)(H2,33,35,38,40). The largest absolute Gasteiger partial charge is 0.416 e. The quantitative estimate of drug-likeness (QED) is 0.199. The van der Waals surface area contributed by atoms with Gasteiger partial charge in [0.25, 0.3) is 5.91 Å². The number of anilines is 3. The summed E-state index contributed by atoms with van der Waals surface area (Å²) in [5, 5.41) is 5.90. The lowest BCUT2D eigenvalue weighted by molar-refractivity contribution is -0.0883. The second-order valence-corrected chi connectivity index (χ2v) is 9.92. The van der Waals surface area contributed by atoms with Gasteiger partial charge in [-0.05, 0) is 37.3 Å². The Balaban J connectivity index is 1.16. The third-order valence-electron chi connectivity index (χ3n) is 6.66. The molecule has 3 aromatic rings. The number of amides is 1. The van der Waals surface area contributed by atoms with Gasteiger partial charge in [-0.1, -0.05) is 6.08 Å². The molecule has 0 spiro atoms. The van der Waals surface area contributed by atoms with Crippen molar-refractivity contribution in [2.75, 3.05) is 55.5 Å². The molecule has 12 nitrogen and oxygen atoms in total. The van der Waals surface area contributed by atoms with Crippen LogP contribution in [0.15, 0.2) is 66.9 Å². The number of carbonyl (C=O) groups is 1. The molecule has 0 bridgehead atoms. The van der Waals surface area contributed by atoms with E-state index in [1.54, 1.807) is 25.3 Å². The molecule has 1 fully saturated rings. The van der Waals surface area contributed by atoms with E-state index in [0.717, 1.165) is 31.4 Å². The molecule has 44 heavy (non-hydrogen) atoms. The summed E-state index contributed by atoms with van der Waals surface area (Å²) >= 11 is 0. The molecule has 2 aliphatic rings. The first-order valence-electron chi connectivity index (χ1n) is 13.7. The first-order valence-corrected chi connectivity index (χ1v) is 13.7. The fourth-order valence-corrected chi connectivity index (χ4v) is 4.39. The van der Waals surface area contributed by atoms with Crippen molar-refractivity contribution in [3.63, 3.8) is 0 Å². The van der Waals surface area contributed by atoms with Crippen LogP contribution >= 0.6 is 0 Å². The van der Waals surface area contributed by atoms with Crippen LogP contribution in [0.1, 0.15) is 16.2 Å². The molecule has 4 N–H and O–H groups in total. The van der Waals surface area contributed by atoms with E-state index in [1.165, 1.54) is 29.2 Å². The summed E-state index contributed by atoms with van der Waals surface area (Å²) < 4.78 is 62.2. The molecule has 0 saturated carbocycles. The highest BCUT2D eigenvalue weighted by Crippen LogP contribution is 2.31. The van der Waals surface area contributed by atoms with Crippen molar-refractivity contribution in [1.82, 2.24) is 34.8 Å². The number of pyridine rings is 1. The van der Waals surface area contributed by atoms with Crippen LogP contribution < -0.4 is 21.5 Å². The summed E-state index contributed by atoms with van der Waals surface area (Å²) in [5.41, 5.74) is 5.47. The molecule has 1 amide bonds. The Kier molecular flexibility index (Phi) is 9.50. The van der Waals surface area contributed by atoms with E-state index in [1.807, 2.05) is 0 Å². The molecule has 3 aromatic heterocycles. The Morgan fingerprint density at radius 1 is 1.14 bits per heavy atom. The first-order chi connectivity index (χ1) is 21.1. The third-order valence-corrected chi connectivity index (χ3v) is 6.66. The summed E-state index contributed by atoms with van der Waals surface area (Å²) in [7, 11) is 0. The number of rotatable bonds is 10. The second kappa shape index (κ2) is 13.6. The summed E-state index contributed by atoms with van der Waals surface area (Å²) in [6.45, 7) is 5.81. The van der Waals surface area contributed by atoms with E-state index < -0.39 is 29.5 Å². The van der Waals surface area contributed by atoms with Gasteiger partial charge in [0.15, 0.2) is 11.6 Å². The molecule has 4 heterocycles. The fraction of sp³-hybridized carbons (Fsp3) is 0.321. The number of ether oxygens (including phenoxy) is 1. The van der Waals surface area contributed by atoms with Crippen molar-refractivity contribution in [3.8, 4) is 0 Å². The topological polar surface area (TPSA) is 134 Å². The number of nitrogens with one attached hydrogen (secondary N) is 4. The van der Waals surface area contributed by atoms with E-state index >= 15 is 0 Å². The molecule has 1 unspecified atom stereocenters. The van der Waals surface area contributed by atoms with Crippen LogP contribution in [-0.4, -0.2) is 86.9 Å². The van der Waals surface area contributed by atoms with E-state index in [-0.39, 0.29) is 17.5 Å². The number of nitrogens with zero attached hydrogens (tertiary/aromatic N) is 6. The normalized spacial score (nSPS) is 17.3. The number of hydrazine groups is 1. The van der Waals surface area contributed by atoms with Gasteiger partial charge in [-0.25, -0.2) is 19.3 Å². The summed E-state index contributed by atoms with van der Waals surface area (Å²) in [6.07, 6.45) is 6.07. The highest BCUT2D eigenvalue weighted by molar-refractivity contribution is 5.93. The van der Waals surface area contributed by atoms with Gasteiger partial charge in [-0.2, -0.15) is 18.2 Å². The third kappa shape index (κ3) is 8.17. The van der Waals surface area contributed by atoms with Crippen LogP contribution in [0.3, 0.4) is 0 Å². The summed E-state index contributed by atoms with van der Waals surface area (Å²) in [6, 6.07) is 2.09. The van der Waals surface area contributed by atoms with Crippen molar-refractivity contribution in [1.29, 1.82) is 0 Å². The predicted octanol–water partition coefficient (Wildman–Crippen LogP) is 3.40. The van der Waals surface area contributed by atoms with Gasteiger partial charge in [0, 0.05) is 38.1 Å². The zero-order chi connectivity index (χ0) is 31.1. The van der Waals surface area contributed by atoms with E-state index in [0.29, 0.717) is 43.4 Å². The predicted molar refractivity (Wildman–Crippen MR) is 155 cm³/mol. The number of halogens is 4. The molecular weight excluding hydrogens is 584 g/mol. The number of aryl methyl sites for hydroxylation is 1. The first kappa shape index (κ1) is 30.6. The minimum Gasteiger partial charge on any atom is -0.379 e. The maximum Gasteiger partial charge on any atom is 0.416 e. The lowest BCUT2D eigenvalue weighted by Crippen LogP contribution is -2.39. The van der Waals surface area contributed by atoms with Crippen LogP contribution in [0.25, 0.3) is 5.70 Å². The second-order valence-electron chi connectivity index (χ2n) is 9.92. The zero-order valence-corrected chi connectivity index (χ0v) is 23.6. The van der Waals surface area contributed by atoms with Gasteiger partial charge < -0.3 is 19.9 Å². The van der Waals surface area contributed by atoms with Crippen LogP contribution in [0.4, 0.5) is 35.0 Å². The van der Waals surface area contributed by atoms with Gasteiger partial charge in [-0.15, -0.1) is 0 Å². The molecule has 1 saturated heterocycles. The van der Waals surface area contributed by atoms with Crippen LogP contribution in [0.2, 0.25) is 0 Å². The Morgan fingerprint density at radius 2 is 1.95 bits per heavy atom. The Hall–Kier alpha value is -4.83. The number of imidazole rings is 1. The molecule has 1 atom stereocenters. The molecular formula is C28H30F4N10O2. The van der Waals surface area contributed by atoms with Crippen molar-refractivity contribution in [3.05, 3.63) is 84.1 Å². The van der Waals surface area contributed by atoms with E-state index in [2.05, 4.69) is 46.3 Å². The Bertz CT molecular complexity index is 1550. The lowest BCUT2D eigenvalue weighted by Gasteiger charge is -2.26. The number of allylic oxidation sites excluding steroid dienone is 4. The van der Waals surface area contributed by atoms with Crippen LogP contribution in [-0.2, 0) is 4.74 Å². The Labute approximate surface area is 249 Å². The molecule has 0 aromatic carbocycles. The van der Waals surface area contributed by atoms with Crippen molar-refractivity contribution >= 4 is 29.1 Å². The number of aromatic nitrogens is 5. The average Bonchev–Trinajstić information content (AvgIpc) is 3.32. The smallest absolute Gasteiger partial charge is 0.379 e. The Morgan fingerprint density at radius 3 is 2.66 bits per heavy atom. The van der Waals surface area contributed by atoms with Gasteiger partial charge in [0.05, 0.1) is 54.9 Å². The van der Waals surface area contributed by atoms with E-state index in [4.69, 9.17) is 4.74 Å². The van der Waals surface area contributed by atoms with Crippen molar-refractivity contribution in [2.45, 2.75) is 19.1 Å². The van der Waals surface area contributed by atoms with Crippen molar-refractivity contribution < 1.29 is 27.1 Å². The fourth-order valence-electron chi connectivity index (χ4n) is 4.39. The number of alkyl halides is 3. The minimum atomic E-state index is -4.58. The molecule has 1 aliphatic heterocycles. The molecule has 5 rings (SSSR count). The average molecular weight is 615 g/mol. The van der Waals surface area contributed by atoms with Gasteiger partial charge in [0.2, 0.25) is 5.95 Å². The van der Waals surface area contributed by atoms with Gasteiger partial charge >= 0.3 is 6.18 Å². The SMILES string of the molecule is Cc1cn(C2=CC(C(F)(F)F)=CC(Nc3ccc(C(=O)NNc4ncc(F)c(NCCN5CCOCC5)n4)nc3)C=C2)cn1. The number of hydrogen-bond acceptors (Lipinski definition) is 10. The van der Waals surface area contributed by atoms with Crippen LogP contribution in [0.5, 0.6) is 0 Å². The summed E-state index contributed by atoms with van der Waals surface area (Å²) in [4.78, 5) is 30.9. The maximum atomic E-state index is 14.2. The van der Waals surface area contributed by atoms with Gasteiger partial charge in [0.1, 0.15) is 5.69 Å². The summed E-state index contributed by atoms with van der Waals surface area (Å²) in [5.74, 6) is -1.34. The van der Waals surface area contributed by atoms with Crippen LogP contribution in [0, 0.1) is 12.7 Å². The highest BCUT2D eigenvalue weighted by Gasteiger charge is 2.33.